The Kier molecular flexibility index (Phi) is 6.38. The Morgan fingerprint density at radius 2 is 1.67 bits per heavy atom. The number of hydrogen-bond acceptors (Lipinski definition) is 2. The number of amides is 2. The molecule has 1 N–H and O–H groups in total. The molecule has 0 unspecified atom stereocenters. The number of rotatable bonds is 6. The summed E-state index contributed by atoms with van der Waals surface area (Å²) in [7, 11) is 0. The number of carbonyl (C=O) groups excluding carboxylic acids is 2. The van der Waals surface area contributed by atoms with Crippen LogP contribution in [0.15, 0.2) is 48.5 Å². The second-order valence-electron chi connectivity index (χ2n) is 5.45. The molecule has 2 aromatic rings. The molecular formula is C19H21ClN2O2. The molecule has 0 spiro atoms. The van der Waals surface area contributed by atoms with E-state index in [0.29, 0.717) is 23.7 Å². The SMILES string of the molecule is CCc1ccc(N(CCNC(=O)c2ccc(Cl)cc2)C(C)=O)cc1. The highest BCUT2D eigenvalue weighted by atomic mass is 35.5. The smallest absolute Gasteiger partial charge is 0.251 e. The van der Waals surface area contributed by atoms with E-state index in [4.69, 9.17) is 11.6 Å². The zero-order valence-electron chi connectivity index (χ0n) is 13.9. The van der Waals surface area contributed by atoms with Crippen LogP contribution in [0.2, 0.25) is 5.02 Å². The van der Waals surface area contributed by atoms with Gasteiger partial charge in [-0.25, -0.2) is 0 Å². The van der Waals surface area contributed by atoms with Crippen molar-refractivity contribution in [3.05, 3.63) is 64.7 Å². The number of carbonyl (C=O) groups is 2. The molecule has 0 fully saturated rings. The second-order valence-corrected chi connectivity index (χ2v) is 5.89. The van der Waals surface area contributed by atoms with Gasteiger partial charge in [0.2, 0.25) is 5.91 Å². The van der Waals surface area contributed by atoms with E-state index < -0.39 is 0 Å². The molecule has 0 heterocycles. The molecule has 0 atom stereocenters. The Balaban J connectivity index is 1.95. The number of nitrogens with one attached hydrogen (secondary N) is 1. The van der Waals surface area contributed by atoms with E-state index in [9.17, 15) is 9.59 Å². The molecule has 0 bridgehead atoms. The highest BCUT2D eigenvalue weighted by Gasteiger charge is 2.12. The zero-order chi connectivity index (χ0) is 17.5. The lowest BCUT2D eigenvalue weighted by molar-refractivity contribution is -0.116. The number of aryl methyl sites for hydroxylation is 1. The molecule has 126 valence electrons. The lowest BCUT2D eigenvalue weighted by atomic mass is 10.1. The molecule has 0 aromatic heterocycles. The normalized spacial score (nSPS) is 10.3. The van der Waals surface area contributed by atoms with Crippen LogP contribution in [0.1, 0.15) is 29.8 Å². The van der Waals surface area contributed by atoms with Gasteiger partial charge in [0.15, 0.2) is 0 Å². The van der Waals surface area contributed by atoms with E-state index in [1.807, 2.05) is 24.3 Å². The van der Waals surface area contributed by atoms with Crippen molar-refractivity contribution >= 4 is 29.1 Å². The fourth-order valence-electron chi connectivity index (χ4n) is 2.36. The van der Waals surface area contributed by atoms with Crippen LogP contribution in [0.5, 0.6) is 0 Å². The molecule has 2 aromatic carbocycles. The van der Waals surface area contributed by atoms with Gasteiger partial charge in [0.25, 0.3) is 5.91 Å². The first-order chi connectivity index (χ1) is 11.5. The Hall–Kier alpha value is -2.33. The molecule has 0 aliphatic carbocycles. The maximum absolute atomic E-state index is 12.1. The number of anilines is 1. The van der Waals surface area contributed by atoms with Crippen LogP contribution in [0, 0.1) is 0 Å². The van der Waals surface area contributed by atoms with E-state index >= 15 is 0 Å². The van der Waals surface area contributed by atoms with Crippen LogP contribution in [0.3, 0.4) is 0 Å². The lowest BCUT2D eigenvalue weighted by Gasteiger charge is -2.21. The van der Waals surface area contributed by atoms with E-state index in [1.165, 1.54) is 12.5 Å². The fraction of sp³-hybridized carbons (Fsp3) is 0.263. The summed E-state index contributed by atoms with van der Waals surface area (Å²) < 4.78 is 0. The van der Waals surface area contributed by atoms with Gasteiger partial charge < -0.3 is 10.2 Å². The van der Waals surface area contributed by atoms with Gasteiger partial charge in [0.1, 0.15) is 0 Å². The topological polar surface area (TPSA) is 49.4 Å². The van der Waals surface area contributed by atoms with Gasteiger partial charge in [0.05, 0.1) is 0 Å². The molecule has 5 heteroatoms. The first kappa shape index (κ1) is 18.0. The molecule has 0 saturated heterocycles. The maximum Gasteiger partial charge on any atom is 0.251 e. The summed E-state index contributed by atoms with van der Waals surface area (Å²) in [6.07, 6.45) is 0.956. The van der Waals surface area contributed by atoms with E-state index in [0.717, 1.165) is 12.1 Å². The Bertz CT molecular complexity index is 696. The number of benzene rings is 2. The zero-order valence-corrected chi connectivity index (χ0v) is 14.6. The molecule has 2 rings (SSSR count). The maximum atomic E-state index is 12.1. The predicted octanol–water partition coefficient (Wildman–Crippen LogP) is 3.69. The molecule has 0 radical (unpaired) electrons. The summed E-state index contributed by atoms with van der Waals surface area (Å²) in [4.78, 5) is 25.6. The minimum absolute atomic E-state index is 0.0556. The third kappa shape index (κ3) is 4.83. The molecular weight excluding hydrogens is 324 g/mol. The number of hydrogen-bond donors (Lipinski definition) is 1. The van der Waals surface area contributed by atoms with Gasteiger partial charge in [-0.15, -0.1) is 0 Å². The molecule has 0 aliphatic rings. The lowest BCUT2D eigenvalue weighted by Crippen LogP contribution is -2.37. The average Bonchev–Trinajstić information content (AvgIpc) is 2.59. The predicted molar refractivity (Wildman–Crippen MR) is 97.6 cm³/mol. The monoisotopic (exact) mass is 344 g/mol. The van der Waals surface area contributed by atoms with Gasteiger partial charge in [-0.2, -0.15) is 0 Å². The van der Waals surface area contributed by atoms with Crippen LogP contribution in [-0.2, 0) is 11.2 Å². The van der Waals surface area contributed by atoms with Gasteiger partial charge in [-0.1, -0.05) is 30.7 Å². The summed E-state index contributed by atoms with van der Waals surface area (Å²) in [5.74, 6) is -0.239. The van der Waals surface area contributed by atoms with Crippen molar-refractivity contribution < 1.29 is 9.59 Å². The number of halogens is 1. The first-order valence-corrected chi connectivity index (χ1v) is 8.30. The van der Waals surface area contributed by atoms with Gasteiger partial charge in [0, 0.05) is 36.3 Å². The van der Waals surface area contributed by atoms with Crippen molar-refractivity contribution in [2.24, 2.45) is 0 Å². The summed E-state index contributed by atoms with van der Waals surface area (Å²) in [5, 5.41) is 3.41. The standard InChI is InChI=1S/C19H21ClN2O2/c1-3-15-4-10-18(11-5-15)22(14(2)23)13-12-21-19(24)16-6-8-17(20)9-7-16/h4-11H,3,12-13H2,1-2H3,(H,21,24). The largest absolute Gasteiger partial charge is 0.350 e. The summed E-state index contributed by atoms with van der Waals surface area (Å²) >= 11 is 5.81. The van der Waals surface area contributed by atoms with Crippen LogP contribution in [0.25, 0.3) is 0 Å². The Morgan fingerprint density at radius 3 is 2.21 bits per heavy atom. The minimum Gasteiger partial charge on any atom is -0.350 e. The number of nitrogens with zero attached hydrogens (tertiary/aromatic N) is 1. The third-order valence-electron chi connectivity index (χ3n) is 3.76. The minimum atomic E-state index is -0.184. The highest BCUT2D eigenvalue weighted by Crippen LogP contribution is 2.15. The summed E-state index contributed by atoms with van der Waals surface area (Å²) in [6.45, 7) is 4.40. The summed E-state index contributed by atoms with van der Waals surface area (Å²) in [5.41, 5.74) is 2.60. The van der Waals surface area contributed by atoms with Crippen LogP contribution >= 0.6 is 11.6 Å². The van der Waals surface area contributed by atoms with Crippen molar-refractivity contribution in [3.63, 3.8) is 0 Å². The second kappa shape index (κ2) is 8.50. The fourth-order valence-corrected chi connectivity index (χ4v) is 2.49. The van der Waals surface area contributed by atoms with Crippen molar-refractivity contribution in [2.75, 3.05) is 18.0 Å². The third-order valence-corrected chi connectivity index (χ3v) is 4.02. The van der Waals surface area contributed by atoms with Crippen molar-refractivity contribution in [1.29, 1.82) is 0 Å². The Morgan fingerprint density at radius 1 is 1.04 bits per heavy atom. The average molecular weight is 345 g/mol. The van der Waals surface area contributed by atoms with Gasteiger partial charge in [-0.3, -0.25) is 9.59 Å². The Labute approximate surface area is 147 Å². The summed E-state index contributed by atoms with van der Waals surface area (Å²) in [6, 6.07) is 14.6. The molecule has 0 saturated carbocycles. The molecule has 0 aliphatic heterocycles. The van der Waals surface area contributed by atoms with Crippen LogP contribution in [-0.4, -0.2) is 24.9 Å². The van der Waals surface area contributed by atoms with E-state index in [2.05, 4.69) is 12.2 Å². The highest BCUT2D eigenvalue weighted by molar-refractivity contribution is 6.30. The molecule has 4 nitrogen and oxygen atoms in total. The first-order valence-electron chi connectivity index (χ1n) is 7.92. The molecule has 2 amide bonds. The van der Waals surface area contributed by atoms with E-state index in [1.54, 1.807) is 29.2 Å². The van der Waals surface area contributed by atoms with Gasteiger partial charge >= 0.3 is 0 Å². The van der Waals surface area contributed by atoms with Crippen molar-refractivity contribution in [3.8, 4) is 0 Å². The van der Waals surface area contributed by atoms with E-state index in [-0.39, 0.29) is 11.8 Å². The molecule has 24 heavy (non-hydrogen) atoms. The van der Waals surface area contributed by atoms with Crippen molar-refractivity contribution in [1.82, 2.24) is 5.32 Å². The van der Waals surface area contributed by atoms with Crippen molar-refractivity contribution in [2.45, 2.75) is 20.3 Å². The quantitative estimate of drug-likeness (QED) is 0.868. The van der Waals surface area contributed by atoms with Gasteiger partial charge in [-0.05, 0) is 48.4 Å². The van der Waals surface area contributed by atoms with Crippen LogP contribution < -0.4 is 10.2 Å². The van der Waals surface area contributed by atoms with Crippen LogP contribution in [0.4, 0.5) is 5.69 Å².